The molecular formula is C16H31N3. The van der Waals surface area contributed by atoms with Crippen molar-refractivity contribution in [2.45, 2.75) is 71.4 Å². The summed E-state index contributed by atoms with van der Waals surface area (Å²) in [5.41, 5.74) is -0.357. The van der Waals surface area contributed by atoms with Crippen molar-refractivity contribution in [1.82, 2.24) is 10.2 Å². The van der Waals surface area contributed by atoms with Crippen molar-refractivity contribution in [3.63, 3.8) is 0 Å². The van der Waals surface area contributed by atoms with Gasteiger partial charge < -0.3 is 4.90 Å². The summed E-state index contributed by atoms with van der Waals surface area (Å²) in [5, 5.41) is 12.7. The topological polar surface area (TPSA) is 39.1 Å². The van der Waals surface area contributed by atoms with Crippen LogP contribution in [0.4, 0.5) is 0 Å². The van der Waals surface area contributed by atoms with Gasteiger partial charge in [0, 0.05) is 6.04 Å². The van der Waals surface area contributed by atoms with Gasteiger partial charge in [0.25, 0.3) is 0 Å². The maximum absolute atomic E-state index is 9.29. The van der Waals surface area contributed by atoms with E-state index in [0.29, 0.717) is 6.04 Å². The molecule has 0 aliphatic carbocycles. The van der Waals surface area contributed by atoms with Crippen molar-refractivity contribution in [3.8, 4) is 6.07 Å². The number of hydrogen-bond donors (Lipinski definition) is 1. The minimum atomic E-state index is -0.357. The van der Waals surface area contributed by atoms with Crippen molar-refractivity contribution < 1.29 is 0 Å². The van der Waals surface area contributed by atoms with Gasteiger partial charge >= 0.3 is 0 Å². The first kappa shape index (κ1) is 16.5. The Balaban J connectivity index is 2.17. The lowest BCUT2D eigenvalue weighted by Crippen LogP contribution is -2.45. The second kappa shape index (κ2) is 7.87. The summed E-state index contributed by atoms with van der Waals surface area (Å²) in [6.45, 7) is 12.3. The van der Waals surface area contributed by atoms with E-state index >= 15 is 0 Å². The fourth-order valence-electron chi connectivity index (χ4n) is 2.90. The summed E-state index contributed by atoms with van der Waals surface area (Å²) in [7, 11) is 0. The molecule has 0 saturated carbocycles. The molecule has 1 rings (SSSR count). The van der Waals surface area contributed by atoms with Crippen LogP contribution < -0.4 is 5.32 Å². The SMILES string of the molecule is CC1CCN(CCCCC(C)(C#N)NC(C)C)CC1. The van der Waals surface area contributed by atoms with Gasteiger partial charge in [-0.1, -0.05) is 6.92 Å². The predicted octanol–water partition coefficient (Wildman–Crippen LogP) is 3.17. The Hall–Kier alpha value is -0.590. The quantitative estimate of drug-likeness (QED) is 0.719. The van der Waals surface area contributed by atoms with Crippen LogP contribution in [-0.2, 0) is 0 Å². The van der Waals surface area contributed by atoms with Crippen molar-refractivity contribution in [2.75, 3.05) is 19.6 Å². The molecule has 1 aliphatic heterocycles. The maximum Gasteiger partial charge on any atom is 0.104 e. The molecule has 0 aromatic carbocycles. The molecule has 3 heteroatoms. The van der Waals surface area contributed by atoms with Crippen LogP contribution in [0.5, 0.6) is 0 Å². The third-order valence-corrected chi connectivity index (χ3v) is 4.13. The third kappa shape index (κ3) is 6.40. The van der Waals surface area contributed by atoms with Gasteiger partial charge in [-0.2, -0.15) is 5.26 Å². The van der Waals surface area contributed by atoms with Crippen molar-refractivity contribution in [2.24, 2.45) is 5.92 Å². The number of nitrogens with zero attached hydrogens (tertiary/aromatic N) is 2. The number of piperidine rings is 1. The Morgan fingerprint density at radius 3 is 2.47 bits per heavy atom. The Bertz CT molecular complexity index is 287. The Morgan fingerprint density at radius 2 is 1.95 bits per heavy atom. The van der Waals surface area contributed by atoms with Crippen molar-refractivity contribution in [3.05, 3.63) is 0 Å². The zero-order chi connectivity index (χ0) is 14.3. The molecule has 3 nitrogen and oxygen atoms in total. The number of hydrogen-bond acceptors (Lipinski definition) is 3. The van der Waals surface area contributed by atoms with Gasteiger partial charge in [0.1, 0.15) is 5.54 Å². The van der Waals surface area contributed by atoms with Gasteiger partial charge in [0.2, 0.25) is 0 Å². The summed E-state index contributed by atoms with van der Waals surface area (Å²) in [6.07, 6.45) is 6.00. The van der Waals surface area contributed by atoms with E-state index in [9.17, 15) is 5.26 Å². The minimum absolute atomic E-state index is 0.357. The summed E-state index contributed by atoms with van der Waals surface area (Å²) in [5.74, 6) is 0.911. The van der Waals surface area contributed by atoms with Gasteiger partial charge in [0.15, 0.2) is 0 Å². The van der Waals surface area contributed by atoms with Crippen molar-refractivity contribution in [1.29, 1.82) is 5.26 Å². The molecule has 1 heterocycles. The molecule has 0 spiro atoms. The smallest absolute Gasteiger partial charge is 0.104 e. The number of nitrogens with one attached hydrogen (secondary N) is 1. The van der Waals surface area contributed by atoms with Gasteiger partial charge in [-0.15, -0.1) is 0 Å². The molecule has 1 N–H and O–H groups in total. The summed E-state index contributed by atoms with van der Waals surface area (Å²) in [4.78, 5) is 2.58. The molecule has 1 atom stereocenters. The molecule has 0 aromatic rings. The zero-order valence-electron chi connectivity index (χ0n) is 13.2. The maximum atomic E-state index is 9.29. The highest BCUT2D eigenvalue weighted by atomic mass is 15.1. The monoisotopic (exact) mass is 265 g/mol. The van der Waals surface area contributed by atoms with E-state index in [2.05, 4.69) is 37.1 Å². The van der Waals surface area contributed by atoms with Crippen molar-refractivity contribution >= 4 is 0 Å². The minimum Gasteiger partial charge on any atom is -0.303 e. The lowest BCUT2D eigenvalue weighted by atomic mass is 9.95. The molecule has 110 valence electrons. The van der Waals surface area contributed by atoms with Gasteiger partial charge in [-0.25, -0.2) is 0 Å². The lowest BCUT2D eigenvalue weighted by molar-refractivity contribution is 0.187. The molecular weight excluding hydrogens is 234 g/mol. The second-order valence-electron chi connectivity index (χ2n) is 6.72. The van der Waals surface area contributed by atoms with Gasteiger partial charge in [-0.3, -0.25) is 5.32 Å². The molecule has 0 amide bonds. The van der Waals surface area contributed by atoms with E-state index in [4.69, 9.17) is 0 Å². The van der Waals surface area contributed by atoms with Crippen LogP contribution in [0.2, 0.25) is 0 Å². The Labute approximate surface area is 119 Å². The fraction of sp³-hybridized carbons (Fsp3) is 0.938. The van der Waals surface area contributed by atoms with Crippen LogP contribution in [0.1, 0.15) is 59.8 Å². The van der Waals surface area contributed by atoms with E-state index in [1.165, 1.54) is 38.9 Å². The lowest BCUT2D eigenvalue weighted by Gasteiger charge is -2.30. The highest BCUT2D eigenvalue weighted by Gasteiger charge is 2.23. The molecule has 0 aromatic heterocycles. The first-order valence-corrected chi connectivity index (χ1v) is 7.86. The third-order valence-electron chi connectivity index (χ3n) is 4.13. The van der Waals surface area contributed by atoms with Gasteiger partial charge in [-0.05, 0) is 78.4 Å². The highest BCUT2D eigenvalue weighted by Crippen LogP contribution is 2.18. The van der Waals surface area contributed by atoms with E-state index < -0.39 is 0 Å². The Morgan fingerprint density at radius 1 is 1.32 bits per heavy atom. The van der Waals surface area contributed by atoms with E-state index in [0.717, 1.165) is 18.8 Å². The van der Waals surface area contributed by atoms with Crippen LogP contribution in [0, 0.1) is 17.2 Å². The number of nitriles is 1. The van der Waals surface area contributed by atoms with Gasteiger partial charge in [0.05, 0.1) is 6.07 Å². The Kier molecular flexibility index (Phi) is 6.82. The first-order valence-electron chi connectivity index (χ1n) is 7.86. The van der Waals surface area contributed by atoms with Crippen LogP contribution in [0.15, 0.2) is 0 Å². The van der Waals surface area contributed by atoms with Crippen LogP contribution in [0.3, 0.4) is 0 Å². The average molecular weight is 265 g/mol. The summed E-state index contributed by atoms with van der Waals surface area (Å²) in [6, 6.07) is 2.80. The number of likely N-dealkylation sites (tertiary alicyclic amines) is 1. The first-order chi connectivity index (χ1) is 8.95. The molecule has 0 bridgehead atoms. The molecule has 1 aliphatic rings. The predicted molar refractivity (Wildman–Crippen MR) is 81.0 cm³/mol. The number of rotatable bonds is 7. The van der Waals surface area contributed by atoms with E-state index in [1.807, 2.05) is 6.92 Å². The van der Waals surface area contributed by atoms with E-state index in [-0.39, 0.29) is 5.54 Å². The second-order valence-corrected chi connectivity index (χ2v) is 6.72. The highest BCUT2D eigenvalue weighted by molar-refractivity contribution is 5.04. The fourth-order valence-corrected chi connectivity index (χ4v) is 2.90. The van der Waals surface area contributed by atoms with Crippen LogP contribution in [0.25, 0.3) is 0 Å². The molecule has 1 saturated heterocycles. The normalized spacial score (nSPS) is 21.3. The summed E-state index contributed by atoms with van der Waals surface area (Å²) < 4.78 is 0. The standard InChI is InChI=1S/C16H31N3/c1-14(2)18-16(4,13-17)9-5-6-10-19-11-7-15(3)8-12-19/h14-15,18H,5-12H2,1-4H3. The molecule has 1 fully saturated rings. The number of unbranched alkanes of at least 4 members (excludes halogenated alkanes) is 1. The van der Waals surface area contributed by atoms with E-state index in [1.54, 1.807) is 0 Å². The van der Waals surface area contributed by atoms with Crippen LogP contribution >= 0.6 is 0 Å². The molecule has 1 unspecified atom stereocenters. The van der Waals surface area contributed by atoms with Crippen LogP contribution in [-0.4, -0.2) is 36.1 Å². The largest absolute Gasteiger partial charge is 0.303 e. The molecule has 0 radical (unpaired) electrons. The average Bonchev–Trinajstić information content (AvgIpc) is 2.36. The summed E-state index contributed by atoms with van der Waals surface area (Å²) >= 11 is 0. The zero-order valence-corrected chi connectivity index (χ0v) is 13.2. The molecule has 19 heavy (non-hydrogen) atoms.